The summed E-state index contributed by atoms with van der Waals surface area (Å²) in [6, 6.07) is 16.7. The van der Waals surface area contributed by atoms with Crippen molar-refractivity contribution < 1.29 is 18.7 Å². The lowest BCUT2D eigenvalue weighted by molar-refractivity contribution is 0.0144. The molecule has 1 unspecified atom stereocenters. The first-order chi connectivity index (χ1) is 15.1. The first-order valence-electron chi connectivity index (χ1n) is 9.74. The molecule has 1 amide bonds. The highest BCUT2D eigenvalue weighted by Gasteiger charge is 2.36. The molecule has 156 valence electrons. The third-order valence-corrected chi connectivity index (χ3v) is 7.08. The van der Waals surface area contributed by atoms with Gasteiger partial charge in [-0.3, -0.25) is 9.69 Å². The van der Waals surface area contributed by atoms with Crippen LogP contribution in [-0.2, 0) is 4.74 Å². The summed E-state index contributed by atoms with van der Waals surface area (Å²) in [7, 11) is 0. The van der Waals surface area contributed by atoms with Crippen molar-refractivity contribution in [2.75, 3.05) is 12.3 Å². The largest absolute Gasteiger partial charge is 0.464 e. The Bertz CT molecular complexity index is 1270. The van der Waals surface area contributed by atoms with Crippen LogP contribution in [0.1, 0.15) is 25.9 Å². The first kappa shape index (κ1) is 19.8. The first-order valence-corrected chi connectivity index (χ1v) is 11.6. The van der Waals surface area contributed by atoms with E-state index in [-0.39, 0.29) is 5.91 Å². The van der Waals surface area contributed by atoms with Crippen molar-refractivity contribution in [3.8, 4) is 10.4 Å². The number of ether oxygens (including phenoxy) is 1. The van der Waals surface area contributed by atoms with Crippen molar-refractivity contribution in [2.45, 2.75) is 12.5 Å². The lowest BCUT2D eigenvalue weighted by atomic mass is 10.1. The number of hydrogen-bond acceptors (Lipinski definition) is 7. The van der Waals surface area contributed by atoms with Gasteiger partial charge in [0.25, 0.3) is 5.91 Å². The van der Waals surface area contributed by atoms with Crippen LogP contribution < -0.4 is 0 Å². The highest BCUT2D eigenvalue weighted by Crippen LogP contribution is 2.34. The van der Waals surface area contributed by atoms with Crippen molar-refractivity contribution in [3.63, 3.8) is 0 Å². The number of hydrogen-bond donors (Lipinski definition) is 0. The van der Waals surface area contributed by atoms with Gasteiger partial charge in [0, 0.05) is 17.7 Å². The van der Waals surface area contributed by atoms with Crippen LogP contribution >= 0.6 is 23.1 Å². The van der Waals surface area contributed by atoms with Gasteiger partial charge in [-0.2, -0.15) is 0 Å². The van der Waals surface area contributed by atoms with E-state index in [0.717, 1.165) is 15.4 Å². The lowest BCUT2D eigenvalue weighted by Crippen LogP contribution is -2.38. The van der Waals surface area contributed by atoms with Crippen LogP contribution in [0.2, 0.25) is 0 Å². The molecule has 0 radical (unpaired) electrons. The summed E-state index contributed by atoms with van der Waals surface area (Å²) in [5.74, 6) is -0.0295. The van der Waals surface area contributed by atoms with Gasteiger partial charge in [0.05, 0.1) is 21.7 Å². The average Bonchev–Trinajstić information content (AvgIpc) is 3.53. The van der Waals surface area contributed by atoms with Crippen LogP contribution in [0.5, 0.6) is 0 Å². The molecule has 5 rings (SSSR count). The van der Waals surface area contributed by atoms with Gasteiger partial charge in [0.15, 0.2) is 0 Å². The molecule has 1 saturated heterocycles. The molecule has 1 aliphatic rings. The fourth-order valence-corrected chi connectivity index (χ4v) is 5.52. The second-order valence-corrected chi connectivity index (χ2v) is 9.34. The molecule has 0 N–H and O–H groups in total. The van der Waals surface area contributed by atoms with E-state index in [1.807, 2.05) is 37.3 Å². The molecule has 2 aromatic carbocycles. The number of esters is 1. The van der Waals surface area contributed by atoms with E-state index < -0.39 is 11.5 Å². The Labute approximate surface area is 186 Å². The monoisotopic (exact) mass is 450 g/mol. The van der Waals surface area contributed by atoms with Crippen LogP contribution in [0.4, 0.5) is 0 Å². The standard InChI is InChI=1S/C23H18N2O4S2/c1-14-24-19(20(31-14)15-6-3-2-4-7-15)21(26)25-11-13-30-23(25)29-22(27)17-8-5-9-18-16(17)10-12-28-18/h2-10,12,23H,11,13H2,1H3. The molecule has 4 aromatic rings. The molecule has 3 heterocycles. The number of nitrogens with zero attached hydrogens (tertiary/aromatic N) is 2. The minimum Gasteiger partial charge on any atom is -0.464 e. The van der Waals surface area contributed by atoms with E-state index in [2.05, 4.69) is 4.98 Å². The highest BCUT2D eigenvalue weighted by molar-refractivity contribution is 8.00. The highest BCUT2D eigenvalue weighted by atomic mass is 32.2. The Kier molecular flexibility index (Phi) is 5.25. The Hall–Kier alpha value is -3.10. The molecule has 0 aliphatic carbocycles. The third-order valence-electron chi connectivity index (χ3n) is 5.00. The second-order valence-electron chi connectivity index (χ2n) is 7.00. The van der Waals surface area contributed by atoms with Crippen LogP contribution in [0.15, 0.2) is 65.3 Å². The zero-order chi connectivity index (χ0) is 21.4. The normalized spacial score (nSPS) is 16.0. The summed E-state index contributed by atoms with van der Waals surface area (Å²) in [4.78, 5) is 33.2. The fraction of sp³-hybridized carbons (Fsp3) is 0.174. The minimum atomic E-state index is -0.701. The maximum Gasteiger partial charge on any atom is 0.341 e. The van der Waals surface area contributed by atoms with Gasteiger partial charge in [-0.1, -0.05) is 48.2 Å². The van der Waals surface area contributed by atoms with E-state index in [9.17, 15) is 9.59 Å². The number of carbonyl (C=O) groups is 2. The van der Waals surface area contributed by atoms with E-state index >= 15 is 0 Å². The van der Waals surface area contributed by atoms with Gasteiger partial charge in [0.1, 0.15) is 11.3 Å². The number of thioether (sulfide) groups is 1. The summed E-state index contributed by atoms with van der Waals surface area (Å²) in [5.41, 5.74) is 1.68. The Morgan fingerprint density at radius 3 is 2.81 bits per heavy atom. The van der Waals surface area contributed by atoms with Crippen molar-refractivity contribution in [3.05, 3.63) is 77.1 Å². The Morgan fingerprint density at radius 1 is 1.13 bits per heavy atom. The Balaban J connectivity index is 1.41. The number of furan rings is 1. The number of amides is 1. The number of benzene rings is 2. The van der Waals surface area contributed by atoms with Crippen LogP contribution in [0.3, 0.4) is 0 Å². The number of fused-ring (bicyclic) bond motifs is 1. The van der Waals surface area contributed by atoms with Crippen LogP contribution in [0, 0.1) is 6.92 Å². The van der Waals surface area contributed by atoms with Gasteiger partial charge >= 0.3 is 5.97 Å². The number of rotatable bonds is 4. The number of aryl methyl sites for hydroxylation is 1. The topological polar surface area (TPSA) is 72.6 Å². The van der Waals surface area contributed by atoms with Crippen molar-refractivity contribution in [1.82, 2.24) is 9.88 Å². The molecular weight excluding hydrogens is 432 g/mol. The number of carbonyl (C=O) groups excluding carboxylic acids is 2. The summed E-state index contributed by atoms with van der Waals surface area (Å²) in [6.45, 7) is 2.37. The summed E-state index contributed by atoms with van der Waals surface area (Å²) >= 11 is 2.91. The minimum absolute atomic E-state index is 0.229. The maximum atomic E-state index is 13.4. The smallest absolute Gasteiger partial charge is 0.341 e. The van der Waals surface area contributed by atoms with Gasteiger partial charge in [-0.25, -0.2) is 9.78 Å². The molecule has 0 saturated carbocycles. The van der Waals surface area contributed by atoms with Gasteiger partial charge in [-0.05, 0) is 30.7 Å². The molecule has 1 aliphatic heterocycles. The molecule has 6 nitrogen and oxygen atoms in total. The van der Waals surface area contributed by atoms with Gasteiger partial charge in [-0.15, -0.1) is 11.3 Å². The van der Waals surface area contributed by atoms with Crippen molar-refractivity contribution >= 4 is 45.9 Å². The van der Waals surface area contributed by atoms with Crippen LogP contribution in [0.25, 0.3) is 21.4 Å². The van der Waals surface area contributed by atoms with Gasteiger partial charge in [0.2, 0.25) is 5.56 Å². The quantitative estimate of drug-likeness (QED) is 0.398. The molecule has 2 aromatic heterocycles. The molecule has 8 heteroatoms. The summed E-state index contributed by atoms with van der Waals surface area (Å²) in [5, 5.41) is 1.50. The molecule has 0 spiro atoms. The summed E-state index contributed by atoms with van der Waals surface area (Å²) < 4.78 is 11.1. The van der Waals surface area contributed by atoms with E-state index in [1.165, 1.54) is 29.4 Å². The van der Waals surface area contributed by atoms with E-state index in [1.54, 1.807) is 29.2 Å². The molecule has 1 fully saturated rings. The zero-order valence-electron chi connectivity index (χ0n) is 16.6. The maximum absolute atomic E-state index is 13.4. The van der Waals surface area contributed by atoms with Crippen LogP contribution in [-0.4, -0.2) is 39.6 Å². The third kappa shape index (κ3) is 3.73. The second kappa shape index (κ2) is 8.20. The number of thiazole rings is 1. The van der Waals surface area contributed by atoms with Crippen molar-refractivity contribution in [1.29, 1.82) is 0 Å². The average molecular weight is 451 g/mol. The predicted molar refractivity (Wildman–Crippen MR) is 121 cm³/mol. The molecule has 31 heavy (non-hydrogen) atoms. The SMILES string of the molecule is Cc1nc(C(=O)N2CCSC2OC(=O)c2cccc3occc23)c(-c2ccccc2)s1. The van der Waals surface area contributed by atoms with E-state index in [4.69, 9.17) is 9.15 Å². The molecular formula is C23H18N2O4S2. The van der Waals surface area contributed by atoms with Crippen molar-refractivity contribution in [2.24, 2.45) is 0 Å². The lowest BCUT2D eigenvalue weighted by Gasteiger charge is -2.23. The Morgan fingerprint density at radius 2 is 1.97 bits per heavy atom. The zero-order valence-corrected chi connectivity index (χ0v) is 18.2. The van der Waals surface area contributed by atoms with E-state index in [0.29, 0.717) is 34.5 Å². The molecule has 1 atom stereocenters. The van der Waals surface area contributed by atoms with Gasteiger partial charge < -0.3 is 9.15 Å². The summed E-state index contributed by atoms with van der Waals surface area (Å²) in [6.07, 6.45) is 1.54. The fourth-order valence-electron chi connectivity index (χ4n) is 3.56. The molecule has 0 bridgehead atoms. The predicted octanol–water partition coefficient (Wildman–Crippen LogP) is 5.19. The number of aromatic nitrogens is 1.